The fourth-order valence-electron chi connectivity index (χ4n) is 4.54. The highest BCUT2D eigenvalue weighted by molar-refractivity contribution is 5.68. The van der Waals surface area contributed by atoms with E-state index in [0.717, 1.165) is 11.3 Å². The molecule has 0 aliphatic heterocycles. The van der Waals surface area contributed by atoms with Crippen molar-refractivity contribution >= 4 is 5.97 Å². The normalized spacial score (nSPS) is 18.2. The van der Waals surface area contributed by atoms with E-state index in [1.165, 1.54) is 29.5 Å². The third-order valence-corrected chi connectivity index (χ3v) is 6.46. The average Bonchev–Trinajstić information content (AvgIpc) is 3.28. The Hall–Kier alpha value is -3.08. The third-order valence-electron chi connectivity index (χ3n) is 6.46. The molecule has 5 heteroatoms. The van der Waals surface area contributed by atoms with Gasteiger partial charge in [-0.2, -0.15) is 5.10 Å². The zero-order valence-corrected chi connectivity index (χ0v) is 18.4. The van der Waals surface area contributed by atoms with Crippen LogP contribution in [0, 0.1) is 0 Å². The van der Waals surface area contributed by atoms with E-state index in [1.807, 2.05) is 24.3 Å². The zero-order chi connectivity index (χ0) is 22.0. The second-order valence-corrected chi connectivity index (χ2v) is 9.20. The molecular weight excluding hydrogens is 388 g/mol. The summed E-state index contributed by atoms with van der Waals surface area (Å²) in [6.45, 7) is 7.48. The molecule has 5 nitrogen and oxygen atoms in total. The number of ether oxygens (including phenoxy) is 1. The topological polar surface area (TPSA) is 64.3 Å². The lowest BCUT2D eigenvalue weighted by atomic mass is 9.69. The Morgan fingerprint density at radius 2 is 2.03 bits per heavy atom. The molecule has 1 N–H and O–H groups in total. The molecule has 1 heterocycles. The molecule has 1 aliphatic carbocycles. The number of aliphatic carboxylic acids is 1. The van der Waals surface area contributed by atoms with Crippen molar-refractivity contribution in [1.82, 2.24) is 9.78 Å². The molecule has 2 atom stereocenters. The van der Waals surface area contributed by atoms with Crippen molar-refractivity contribution in [3.05, 3.63) is 83.2 Å². The van der Waals surface area contributed by atoms with Gasteiger partial charge in [0.15, 0.2) is 0 Å². The van der Waals surface area contributed by atoms with Crippen LogP contribution in [0.5, 0.6) is 5.75 Å². The van der Waals surface area contributed by atoms with Crippen LogP contribution in [0.25, 0.3) is 0 Å². The highest BCUT2D eigenvalue weighted by atomic mass is 16.5. The minimum atomic E-state index is -0.856. The molecule has 0 saturated heterocycles. The number of aromatic nitrogens is 2. The maximum Gasteiger partial charge on any atom is 0.305 e. The van der Waals surface area contributed by atoms with Gasteiger partial charge in [0.25, 0.3) is 0 Å². The molecule has 0 bridgehead atoms. The van der Waals surface area contributed by atoms with Crippen molar-refractivity contribution in [1.29, 1.82) is 0 Å². The first-order chi connectivity index (χ1) is 14.8. The number of nitrogens with zero attached hydrogens (tertiary/aromatic N) is 2. The van der Waals surface area contributed by atoms with E-state index in [9.17, 15) is 9.90 Å². The molecule has 162 valence electrons. The molecule has 0 spiro atoms. The Balaban J connectivity index is 1.46. The fraction of sp³-hybridized carbons (Fsp3) is 0.385. The average molecular weight is 419 g/mol. The number of carboxylic acids is 1. The SMILES string of the molecule is CC1CCC(C)(C)c2ccc(COc3ccc([C@H](CC(=O)O)n4cccn4)cc3)cc21. The molecule has 0 fully saturated rings. The lowest BCUT2D eigenvalue weighted by molar-refractivity contribution is -0.137. The summed E-state index contributed by atoms with van der Waals surface area (Å²) in [5.74, 6) is 0.491. The minimum absolute atomic E-state index is 0.0223. The van der Waals surface area contributed by atoms with Gasteiger partial charge in [-0.15, -0.1) is 0 Å². The summed E-state index contributed by atoms with van der Waals surface area (Å²) in [4.78, 5) is 11.3. The van der Waals surface area contributed by atoms with Gasteiger partial charge < -0.3 is 9.84 Å². The lowest BCUT2D eigenvalue weighted by Gasteiger charge is -2.36. The molecule has 1 aliphatic rings. The minimum Gasteiger partial charge on any atom is -0.489 e. The van der Waals surface area contributed by atoms with Crippen LogP contribution in [0.1, 0.15) is 74.2 Å². The number of benzene rings is 2. The van der Waals surface area contributed by atoms with E-state index >= 15 is 0 Å². The number of hydrogen-bond donors (Lipinski definition) is 1. The Kier molecular flexibility index (Phi) is 5.86. The highest BCUT2D eigenvalue weighted by Gasteiger charge is 2.30. The van der Waals surface area contributed by atoms with Crippen LogP contribution < -0.4 is 4.74 Å². The summed E-state index contributed by atoms with van der Waals surface area (Å²) in [6, 6.07) is 15.8. The molecule has 1 unspecified atom stereocenters. The van der Waals surface area contributed by atoms with Gasteiger partial charge in [-0.05, 0) is 64.6 Å². The first-order valence-corrected chi connectivity index (χ1v) is 10.9. The monoisotopic (exact) mass is 418 g/mol. The second kappa shape index (κ2) is 8.58. The first-order valence-electron chi connectivity index (χ1n) is 10.9. The summed E-state index contributed by atoms with van der Waals surface area (Å²) >= 11 is 0. The van der Waals surface area contributed by atoms with Gasteiger partial charge >= 0.3 is 5.97 Å². The quantitative estimate of drug-likeness (QED) is 0.534. The van der Waals surface area contributed by atoms with Crippen LogP contribution in [0.15, 0.2) is 60.9 Å². The second-order valence-electron chi connectivity index (χ2n) is 9.20. The lowest BCUT2D eigenvalue weighted by Crippen LogP contribution is -2.25. The van der Waals surface area contributed by atoms with Crippen LogP contribution in [-0.4, -0.2) is 20.9 Å². The van der Waals surface area contributed by atoms with E-state index in [4.69, 9.17) is 4.74 Å². The number of carbonyl (C=O) groups is 1. The van der Waals surface area contributed by atoms with Crippen molar-refractivity contribution in [3.8, 4) is 5.75 Å². The number of fused-ring (bicyclic) bond motifs is 1. The van der Waals surface area contributed by atoms with E-state index in [0.29, 0.717) is 12.5 Å². The number of hydrogen-bond acceptors (Lipinski definition) is 3. The largest absolute Gasteiger partial charge is 0.489 e. The summed E-state index contributed by atoms with van der Waals surface area (Å²) in [5, 5.41) is 13.5. The van der Waals surface area contributed by atoms with Gasteiger partial charge in [0.2, 0.25) is 0 Å². The predicted octanol–water partition coefficient (Wildman–Crippen LogP) is 5.70. The standard InChI is InChI=1S/C26H30N2O3/c1-18-11-12-26(2,3)23-10-5-19(15-22(18)23)17-31-21-8-6-20(7-9-21)24(16-25(29)30)28-14-4-13-27-28/h4-10,13-15,18,24H,11-12,16-17H2,1-3H3,(H,29,30)/t18?,24-/m0/s1. The summed E-state index contributed by atoms with van der Waals surface area (Å²) < 4.78 is 7.72. The van der Waals surface area contributed by atoms with E-state index in [1.54, 1.807) is 23.1 Å². The van der Waals surface area contributed by atoms with Gasteiger partial charge in [0, 0.05) is 12.4 Å². The summed E-state index contributed by atoms with van der Waals surface area (Å²) in [6.07, 6.45) is 5.87. The molecule has 3 aromatic rings. The van der Waals surface area contributed by atoms with Crippen molar-refractivity contribution in [2.75, 3.05) is 0 Å². The van der Waals surface area contributed by atoms with Crippen molar-refractivity contribution in [2.45, 2.75) is 64.0 Å². The number of rotatable bonds is 7. The molecule has 0 saturated carbocycles. The van der Waals surface area contributed by atoms with Gasteiger partial charge in [0.05, 0.1) is 12.5 Å². The van der Waals surface area contributed by atoms with Crippen molar-refractivity contribution in [3.63, 3.8) is 0 Å². The molecule has 0 amide bonds. The zero-order valence-electron chi connectivity index (χ0n) is 18.4. The smallest absolute Gasteiger partial charge is 0.305 e. The molecule has 4 rings (SSSR count). The summed E-state index contributed by atoms with van der Waals surface area (Å²) in [5.41, 5.74) is 5.21. The molecule has 0 radical (unpaired) electrons. The number of carboxylic acid groups (broad SMARTS) is 1. The Morgan fingerprint density at radius 1 is 1.26 bits per heavy atom. The van der Waals surface area contributed by atoms with Crippen LogP contribution >= 0.6 is 0 Å². The van der Waals surface area contributed by atoms with E-state index in [2.05, 4.69) is 44.1 Å². The summed E-state index contributed by atoms with van der Waals surface area (Å²) in [7, 11) is 0. The Bertz CT molecular complexity index is 1040. The van der Waals surface area contributed by atoms with Crippen LogP contribution in [0.3, 0.4) is 0 Å². The first kappa shape index (κ1) is 21.2. The van der Waals surface area contributed by atoms with E-state index in [-0.39, 0.29) is 17.9 Å². The van der Waals surface area contributed by atoms with Gasteiger partial charge in [0.1, 0.15) is 12.4 Å². The van der Waals surface area contributed by atoms with Crippen LogP contribution in [-0.2, 0) is 16.8 Å². The Morgan fingerprint density at radius 3 is 2.71 bits per heavy atom. The molecule has 1 aromatic heterocycles. The molecule has 2 aromatic carbocycles. The third kappa shape index (κ3) is 4.66. The maximum atomic E-state index is 11.3. The molecule has 31 heavy (non-hydrogen) atoms. The van der Waals surface area contributed by atoms with Gasteiger partial charge in [-0.3, -0.25) is 9.48 Å². The Labute approximate surface area is 183 Å². The van der Waals surface area contributed by atoms with Crippen molar-refractivity contribution in [2.24, 2.45) is 0 Å². The highest BCUT2D eigenvalue weighted by Crippen LogP contribution is 2.42. The molecular formula is C26H30N2O3. The van der Waals surface area contributed by atoms with E-state index < -0.39 is 5.97 Å². The van der Waals surface area contributed by atoms with Gasteiger partial charge in [-0.25, -0.2) is 0 Å². The maximum absolute atomic E-state index is 11.3. The predicted molar refractivity (Wildman–Crippen MR) is 121 cm³/mol. The fourth-order valence-corrected chi connectivity index (χ4v) is 4.54. The van der Waals surface area contributed by atoms with Gasteiger partial charge in [-0.1, -0.05) is 51.1 Å². The van der Waals surface area contributed by atoms with Crippen LogP contribution in [0.2, 0.25) is 0 Å². The van der Waals surface area contributed by atoms with Crippen LogP contribution in [0.4, 0.5) is 0 Å². The van der Waals surface area contributed by atoms with Crippen molar-refractivity contribution < 1.29 is 14.6 Å².